The standard InChI is InChI=1S/C14H20IN3O/c1-11(2)17-7-9-18(10-8-17)14(19)16-13-6-4-3-5-12(13)15/h3-6,11H,7-10H2,1-2H3,(H,16,19). The Labute approximate surface area is 128 Å². The zero-order chi connectivity index (χ0) is 13.8. The predicted octanol–water partition coefficient (Wildman–Crippen LogP) is 2.85. The Balaban J connectivity index is 1.90. The Bertz CT molecular complexity index is 442. The number of carbonyl (C=O) groups excluding carboxylic acids is 1. The molecule has 5 heteroatoms. The second-order valence-corrected chi connectivity index (χ2v) is 6.19. The van der Waals surface area contributed by atoms with E-state index in [0.29, 0.717) is 6.04 Å². The molecule has 104 valence electrons. The summed E-state index contributed by atoms with van der Waals surface area (Å²) in [6.07, 6.45) is 0. The van der Waals surface area contributed by atoms with Crippen LogP contribution in [0.1, 0.15) is 13.8 Å². The maximum Gasteiger partial charge on any atom is 0.321 e. The highest BCUT2D eigenvalue weighted by molar-refractivity contribution is 14.1. The molecule has 0 aliphatic carbocycles. The number of nitrogens with zero attached hydrogens (tertiary/aromatic N) is 2. The highest BCUT2D eigenvalue weighted by atomic mass is 127. The van der Waals surface area contributed by atoms with Gasteiger partial charge in [-0.25, -0.2) is 4.79 Å². The Hall–Kier alpha value is -0.820. The van der Waals surface area contributed by atoms with Crippen molar-refractivity contribution < 1.29 is 4.79 Å². The highest BCUT2D eigenvalue weighted by Crippen LogP contribution is 2.17. The lowest BCUT2D eigenvalue weighted by Gasteiger charge is -2.36. The summed E-state index contributed by atoms with van der Waals surface area (Å²) in [5, 5.41) is 2.98. The number of carbonyl (C=O) groups is 1. The van der Waals surface area contributed by atoms with Gasteiger partial charge in [-0.2, -0.15) is 0 Å². The van der Waals surface area contributed by atoms with Crippen molar-refractivity contribution in [1.29, 1.82) is 0 Å². The molecule has 0 bridgehead atoms. The normalized spacial score (nSPS) is 16.7. The number of piperazine rings is 1. The largest absolute Gasteiger partial charge is 0.322 e. The fourth-order valence-electron chi connectivity index (χ4n) is 2.20. The molecule has 0 atom stereocenters. The summed E-state index contributed by atoms with van der Waals surface area (Å²) in [5.74, 6) is 0. The fourth-order valence-corrected chi connectivity index (χ4v) is 2.72. The van der Waals surface area contributed by atoms with Crippen molar-refractivity contribution in [1.82, 2.24) is 9.80 Å². The lowest BCUT2D eigenvalue weighted by Crippen LogP contribution is -2.51. The molecule has 1 saturated heterocycles. The molecule has 1 aromatic carbocycles. The third-order valence-corrected chi connectivity index (χ3v) is 4.39. The Morgan fingerprint density at radius 1 is 1.21 bits per heavy atom. The molecule has 0 saturated carbocycles. The molecule has 1 aliphatic rings. The van der Waals surface area contributed by atoms with Crippen LogP contribution in [0.5, 0.6) is 0 Å². The van der Waals surface area contributed by atoms with Gasteiger partial charge in [-0.15, -0.1) is 0 Å². The lowest BCUT2D eigenvalue weighted by molar-refractivity contribution is 0.125. The first kappa shape index (κ1) is 14.6. The van der Waals surface area contributed by atoms with Crippen molar-refractivity contribution in [3.05, 3.63) is 27.8 Å². The van der Waals surface area contributed by atoms with E-state index < -0.39 is 0 Å². The van der Waals surface area contributed by atoms with Gasteiger partial charge in [-0.3, -0.25) is 4.90 Å². The van der Waals surface area contributed by atoms with E-state index in [1.54, 1.807) is 0 Å². The maximum absolute atomic E-state index is 12.2. The number of hydrogen-bond donors (Lipinski definition) is 1. The van der Waals surface area contributed by atoms with Crippen molar-refractivity contribution in [2.24, 2.45) is 0 Å². The number of urea groups is 1. The minimum atomic E-state index is 0.00696. The average molecular weight is 373 g/mol. The van der Waals surface area contributed by atoms with Crippen LogP contribution in [0.3, 0.4) is 0 Å². The van der Waals surface area contributed by atoms with Gasteiger partial charge in [-0.1, -0.05) is 12.1 Å². The molecule has 0 radical (unpaired) electrons. The van der Waals surface area contributed by atoms with Crippen molar-refractivity contribution in [3.8, 4) is 0 Å². The van der Waals surface area contributed by atoms with Gasteiger partial charge in [0.25, 0.3) is 0 Å². The van der Waals surface area contributed by atoms with Crippen molar-refractivity contribution in [2.75, 3.05) is 31.5 Å². The van der Waals surface area contributed by atoms with E-state index in [1.807, 2.05) is 29.2 Å². The van der Waals surface area contributed by atoms with Crippen LogP contribution in [-0.2, 0) is 0 Å². The number of hydrogen-bond acceptors (Lipinski definition) is 2. The molecule has 0 spiro atoms. The minimum absolute atomic E-state index is 0.00696. The van der Waals surface area contributed by atoms with Gasteiger partial charge >= 0.3 is 6.03 Å². The Morgan fingerprint density at radius 2 is 1.84 bits per heavy atom. The van der Waals surface area contributed by atoms with E-state index in [9.17, 15) is 4.79 Å². The van der Waals surface area contributed by atoms with E-state index >= 15 is 0 Å². The summed E-state index contributed by atoms with van der Waals surface area (Å²) >= 11 is 2.24. The molecule has 1 aliphatic heterocycles. The van der Waals surface area contributed by atoms with Gasteiger partial charge in [0.05, 0.1) is 5.69 Å². The summed E-state index contributed by atoms with van der Waals surface area (Å²) < 4.78 is 1.06. The zero-order valence-electron chi connectivity index (χ0n) is 11.4. The van der Waals surface area contributed by atoms with E-state index in [1.165, 1.54) is 0 Å². The summed E-state index contributed by atoms with van der Waals surface area (Å²) in [6.45, 7) is 7.90. The second-order valence-electron chi connectivity index (χ2n) is 5.03. The molecule has 2 amide bonds. The second kappa shape index (κ2) is 6.56. The van der Waals surface area contributed by atoms with Gasteiger partial charge in [0.1, 0.15) is 0 Å². The number of anilines is 1. The van der Waals surface area contributed by atoms with Gasteiger partial charge in [-0.05, 0) is 48.6 Å². The SMILES string of the molecule is CC(C)N1CCN(C(=O)Nc2ccccc2I)CC1. The third kappa shape index (κ3) is 3.82. The van der Waals surface area contributed by atoms with Gasteiger partial charge in [0.15, 0.2) is 0 Å². The Morgan fingerprint density at radius 3 is 2.42 bits per heavy atom. The van der Waals surface area contributed by atoms with Crippen LogP contribution in [0.2, 0.25) is 0 Å². The van der Waals surface area contributed by atoms with Crippen molar-refractivity contribution >= 4 is 34.3 Å². The van der Waals surface area contributed by atoms with E-state index in [0.717, 1.165) is 35.4 Å². The molecular weight excluding hydrogens is 353 g/mol. The van der Waals surface area contributed by atoms with Gasteiger partial charge in [0, 0.05) is 35.8 Å². The Kier molecular flexibility index (Phi) is 5.04. The number of rotatable bonds is 2. The predicted molar refractivity (Wildman–Crippen MR) is 86.5 cm³/mol. The number of nitrogens with one attached hydrogen (secondary N) is 1. The smallest absolute Gasteiger partial charge is 0.321 e. The third-order valence-electron chi connectivity index (χ3n) is 3.45. The summed E-state index contributed by atoms with van der Waals surface area (Å²) in [7, 11) is 0. The molecule has 1 fully saturated rings. The first-order valence-corrected chi connectivity index (χ1v) is 7.70. The van der Waals surface area contributed by atoms with Crippen LogP contribution >= 0.6 is 22.6 Å². The van der Waals surface area contributed by atoms with Crippen LogP contribution in [-0.4, -0.2) is 48.1 Å². The number of para-hydroxylation sites is 1. The summed E-state index contributed by atoms with van der Waals surface area (Å²) in [6, 6.07) is 8.40. The van der Waals surface area contributed by atoms with Crippen LogP contribution in [0, 0.1) is 3.57 Å². The molecule has 19 heavy (non-hydrogen) atoms. The fraction of sp³-hybridized carbons (Fsp3) is 0.500. The number of amides is 2. The van der Waals surface area contributed by atoms with Crippen LogP contribution < -0.4 is 5.32 Å². The molecule has 1 heterocycles. The van der Waals surface area contributed by atoms with Crippen molar-refractivity contribution in [3.63, 3.8) is 0 Å². The van der Waals surface area contributed by atoms with E-state index in [2.05, 4.69) is 46.7 Å². The maximum atomic E-state index is 12.2. The minimum Gasteiger partial charge on any atom is -0.322 e. The van der Waals surface area contributed by atoms with Gasteiger partial charge < -0.3 is 10.2 Å². The number of benzene rings is 1. The highest BCUT2D eigenvalue weighted by Gasteiger charge is 2.22. The van der Waals surface area contributed by atoms with Crippen LogP contribution in [0.15, 0.2) is 24.3 Å². The molecule has 2 rings (SSSR count). The molecule has 1 N–H and O–H groups in total. The van der Waals surface area contributed by atoms with E-state index in [4.69, 9.17) is 0 Å². The zero-order valence-corrected chi connectivity index (χ0v) is 13.6. The molecule has 0 aromatic heterocycles. The monoisotopic (exact) mass is 373 g/mol. The van der Waals surface area contributed by atoms with E-state index in [-0.39, 0.29) is 6.03 Å². The van der Waals surface area contributed by atoms with Gasteiger partial charge in [0.2, 0.25) is 0 Å². The molecule has 0 unspecified atom stereocenters. The summed E-state index contributed by atoms with van der Waals surface area (Å²) in [5.41, 5.74) is 0.888. The average Bonchev–Trinajstić information content (AvgIpc) is 2.41. The first-order chi connectivity index (χ1) is 9.08. The quantitative estimate of drug-likeness (QED) is 0.810. The molecule has 1 aromatic rings. The topological polar surface area (TPSA) is 35.6 Å². The molecular formula is C14H20IN3O. The van der Waals surface area contributed by atoms with Crippen molar-refractivity contribution in [2.45, 2.75) is 19.9 Å². The molecule has 4 nitrogen and oxygen atoms in total. The van der Waals surface area contributed by atoms with Crippen LogP contribution in [0.25, 0.3) is 0 Å². The first-order valence-electron chi connectivity index (χ1n) is 6.62. The lowest BCUT2D eigenvalue weighted by atomic mass is 10.2. The summed E-state index contributed by atoms with van der Waals surface area (Å²) in [4.78, 5) is 16.5. The van der Waals surface area contributed by atoms with Crippen LogP contribution in [0.4, 0.5) is 10.5 Å². The number of halogens is 1.